The van der Waals surface area contributed by atoms with Crippen molar-refractivity contribution in [1.29, 1.82) is 0 Å². The Morgan fingerprint density at radius 2 is 2.05 bits per heavy atom. The van der Waals surface area contributed by atoms with Gasteiger partial charge in [0.25, 0.3) is 0 Å². The number of nitrogens with one attached hydrogen (secondary N) is 1. The van der Waals surface area contributed by atoms with E-state index in [1.165, 1.54) is 12.1 Å². The SMILES string of the molecule is Cn1ccc(NCCc2cccc(C(F)(F)F)c2)n1. The summed E-state index contributed by atoms with van der Waals surface area (Å²) in [4.78, 5) is 0. The number of rotatable bonds is 4. The van der Waals surface area contributed by atoms with E-state index in [0.29, 0.717) is 18.5 Å². The molecule has 0 saturated carbocycles. The number of anilines is 1. The lowest BCUT2D eigenvalue weighted by Gasteiger charge is -2.09. The summed E-state index contributed by atoms with van der Waals surface area (Å²) in [6, 6.07) is 7.19. The minimum absolute atomic E-state index is 0.514. The summed E-state index contributed by atoms with van der Waals surface area (Å²) in [7, 11) is 1.80. The Morgan fingerprint density at radius 3 is 2.68 bits per heavy atom. The molecule has 19 heavy (non-hydrogen) atoms. The Hall–Kier alpha value is -1.98. The van der Waals surface area contributed by atoms with Gasteiger partial charge in [0, 0.05) is 25.9 Å². The minimum Gasteiger partial charge on any atom is -0.368 e. The van der Waals surface area contributed by atoms with Crippen molar-refractivity contribution in [3.63, 3.8) is 0 Å². The standard InChI is InChI=1S/C13H14F3N3/c1-19-8-6-12(18-19)17-7-5-10-3-2-4-11(9-10)13(14,15)16/h2-4,6,8-9H,5,7H2,1H3,(H,17,18). The lowest BCUT2D eigenvalue weighted by Crippen LogP contribution is -2.08. The zero-order valence-electron chi connectivity index (χ0n) is 10.4. The summed E-state index contributed by atoms with van der Waals surface area (Å²) >= 11 is 0. The van der Waals surface area contributed by atoms with Crippen molar-refractivity contribution < 1.29 is 13.2 Å². The third-order valence-corrected chi connectivity index (χ3v) is 2.69. The number of hydrogen-bond donors (Lipinski definition) is 1. The summed E-state index contributed by atoms with van der Waals surface area (Å²) in [6.07, 6.45) is -1.97. The number of aromatic nitrogens is 2. The normalized spacial score (nSPS) is 11.6. The molecule has 2 aromatic rings. The number of halogens is 3. The van der Waals surface area contributed by atoms with Crippen LogP contribution in [0, 0.1) is 0 Å². The molecule has 1 aromatic carbocycles. The first kappa shape index (κ1) is 13.5. The van der Waals surface area contributed by atoms with Crippen molar-refractivity contribution in [1.82, 2.24) is 9.78 Å². The van der Waals surface area contributed by atoms with Gasteiger partial charge in [-0.1, -0.05) is 18.2 Å². The average Bonchev–Trinajstić information content (AvgIpc) is 2.74. The van der Waals surface area contributed by atoms with E-state index in [2.05, 4.69) is 10.4 Å². The van der Waals surface area contributed by atoms with Crippen LogP contribution in [0.5, 0.6) is 0 Å². The molecule has 0 aliphatic carbocycles. The van der Waals surface area contributed by atoms with Crippen LogP contribution in [0.1, 0.15) is 11.1 Å². The zero-order chi connectivity index (χ0) is 13.9. The number of nitrogens with zero attached hydrogens (tertiary/aromatic N) is 2. The largest absolute Gasteiger partial charge is 0.416 e. The molecule has 102 valence electrons. The van der Waals surface area contributed by atoms with Crippen LogP contribution in [-0.4, -0.2) is 16.3 Å². The van der Waals surface area contributed by atoms with Gasteiger partial charge in [0.05, 0.1) is 5.56 Å². The second-order valence-corrected chi connectivity index (χ2v) is 4.25. The van der Waals surface area contributed by atoms with Gasteiger partial charge in [-0.2, -0.15) is 18.3 Å². The Labute approximate surface area is 109 Å². The highest BCUT2D eigenvalue weighted by Gasteiger charge is 2.30. The van der Waals surface area contributed by atoms with Crippen LogP contribution < -0.4 is 5.32 Å². The van der Waals surface area contributed by atoms with Gasteiger partial charge in [0.15, 0.2) is 0 Å². The third kappa shape index (κ3) is 3.74. The van der Waals surface area contributed by atoms with Crippen molar-refractivity contribution in [2.45, 2.75) is 12.6 Å². The second-order valence-electron chi connectivity index (χ2n) is 4.25. The van der Waals surface area contributed by atoms with Crippen molar-refractivity contribution in [3.8, 4) is 0 Å². The van der Waals surface area contributed by atoms with Crippen molar-refractivity contribution in [3.05, 3.63) is 47.7 Å². The van der Waals surface area contributed by atoms with E-state index in [9.17, 15) is 13.2 Å². The maximum absolute atomic E-state index is 12.5. The molecule has 0 aliphatic rings. The quantitative estimate of drug-likeness (QED) is 0.924. The Morgan fingerprint density at radius 1 is 1.26 bits per heavy atom. The summed E-state index contributed by atoms with van der Waals surface area (Å²) in [5, 5.41) is 7.18. The Bertz CT molecular complexity index is 546. The molecule has 1 heterocycles. The smallest absolute Gasteiger partial charge is 0.368 e. The highest BCUT2D eigenvalue weighted by atomic mass is 19.4. The molecule has 0 aliphatic heterocycles. The number of alkyl halides is 3. The molecular formula is C13H14F3N3. The topological polar surface area (TPSA) is 29.9 Å². The lowest BCUT2D eigenvalue weighted by molar-refractivity contribution is -0.137. The van der Waals surface area contributed by atoms with Crippen LogP contribution in [0.3, 0.4) is 0 Å². The predicted molar refractivity (Wildman–Crippen MR) is 66.8 cm³/mol. The van der Waals surface area contributed by atoms with E-state index in [1.54, 1.807) is 24.0 Å². The number of aryl methyl sites for hydroxylation is 1. The number of benzene rings is 1. The van der Waals surface area contributed by atoms with E-state index in [-0.39, 0.29) is 0 Å². The Balaban J connectivity index is 1.93. The summed E-state index contributed by atoms with van der Waals surface area (Å²) in [5.74, 6) is 0.717. The molecule has 0 saturated heterocycles. The summed E-state index contributed by atoms with van der Waals surface area (Å²) < 4.78 is 39.2. The monoisotopic (exact) mass is 269 g/mol. The van der Waals surface area contributed by atoms with Gasteiger partial charge in [-0.05, 0) is 18.1 Å². The lowest BCUT2D eigenvalue weighted by atomic mass is 10.1. The van der Waals surface area contributed by atoms with Gasteiger partial charge < -0.3 is 5.32 Å². The molecule has 0 spiro atoms. The first-order chi connectivity index (χ1) is 8.95. The molecule has 0 atom stereocenters. The fourth-order valence-corrected chi connectivity index (χ4v) is 1.75. The van der Waals surface area contributed by atoms with Gasteiger partial charge in [0.1, 0.15) is 5.82 Å². The highest BCUT2D eigenvalue weighted by molar-refractivity contribution is 5.33. The first-order valence-electron chi connectivity index (χ1n) is 5.85. The van der Waals surface area contributed by atoms with E-state index >= 15 is 0 Å². The van der Waals surface area contributed by atoms with Crippen molar-refractivity contribution in [2.24, 2.45) is 7.05 Å². The molecule has 2 rings (SSSR count). The van der Waals surface area contributed by atoms with E-state index in [4.69, 9.17) is 0 Å². The number of hydrogen-bond acceptors (Lipinski definition) is 2. The molecular weight excluding hydrogens is 255 g/mol. The van der Waals surface area contributed by atoms with E-state index in [1.807, 2.05) is 6.07 Å². The average molecular weight is 269 g/mol. The van der Waals surface area contributed by atoms with Crippen LogP contribution >= 0.6 is 0 Å². The van der Waals surface area contributed by atoms with E-state index in [0.717, 1.165) is 11.9 Å². The van der Waals surface area contributed by atoms with Gasteiger partial charge in [-0.3, -0.25) is 4.68 Å². The molecule has 0 amide bonds. The van der Waals surface area contributed by atoms with Crippen molar-refractivity contribution in [2.75, 3.05) is 11.9 Å². The highest BCUT2D eigenvalue weighted by Crippen LogP contribution is 2.29. The van der Waals surface area contributed by atoms with Crippen LogP contribution in [-0.2, 0) is 19.6 Å². The fraction of sp³-hybridized carbons (Fsp3) is 0.308. The van der Waals surface area contributed by atoms with Gasteiger partial charge in [-0.15, -0.1) is 0 Å². The van der Waals surface area contributed by atoms with Crippen LogP contribution in [0.25, 0.3) is 0 Å². The molecule has 0 bridgehead atoms. The second kappa shape index (κ2) is 5.34. The van der Waals surface area contributed by atoms with Crippen LogP contribution in [0.15, 0.2) is 36.5 Å². The van der Waals surface area contributed by atoms with Gasteiger partial charge in [-0.25, -0.2) is 0 Å². The molecule has 0 radical (unpaired) electrons. The van der Waals surface area contributed by atoms with Gasteiger partial charge in [0.2, 0.25) is 0 Å². The molecule has 0 unspecified atom stereocenters. The summed E-state index contributed by atoms with van der Waals surface area (Å²) in [6.45, 7) is 0.540. The predicted octanol–water partition coefficient (Wildman–Crippen LogP) is 3.09. The minimum atomic E-state index is -4.29. The maximum atomic E-state index is 12.5. The molecule has 0 fully saturated rings. The Kier molecular flexibility index (Phi) is 3.78. The fourth-order valence-electron chi connectivity index (χ4n) is 1.75. The molecule has 1 aromatic heterocycles. The van der Waals surface area contributed by atoms with Crippen LogP contribution in [0.2, 0.25) is 0 Å². The van der Waals surface area contributed by atoms with Crippen LogP contribution in [0.4, 0.5) is 19.0 Å². The molecule has 1 N–H and O–H groups in total. The zero-order valence-corrected chi connectivity index (χ0v) is 10.4. The maximum Gasteiger partial charge on any atom is 0.416 e. The molecule has 3 nitrogen and oxygen atoms in total. The van der Waals surface area contributed by atoms with E-state index < -0.39 is 11.7 Å². The summed E-state index contributed by atoms with van der Waals surface area (Å²) in [5.41, 5.74) is 0.0427. The van der Waals surface area contributed by atoms with Gasteiger partial charge >= 0.3 is 6.18 Å². The first-order valence-corrected chi connectivity index (χ1v) is 5.85. The third-order valence-electron chi connectivity index (χ3n) is 2.69. The van der Waals surface area contributed by atoms with Crippen molar-refractivity contribution >= 4 is 5.82 Å². The molecule has 6 heteroatoms.